The molecule has 2 aromatic rings. The van der Waals surface area contributed by atoms with E-state index in [9.17, 15) is 4.79 Å². The van der Waals surface area contributed by atoms with Crippen LogP contribution in [-0.4, -0.2) is 40.7 Å². The molecule has 0 aliphatic heterocycles. The van der Waals surface area contributed by atoms with Crippen LogP contribution in [0.4, 0.5) is 0 Å². The molecule has 7 nitrogen and oxygen atoms in total. The smallest absolute Gasteiger partial charge is 0.329 e. The molecule has 29 heavy (non-hydrogen) atoms. The highest BCUT2D eigenvalue weighted by molar-refractivity contribution is 9.10. The predicted octanol–water partition coefficient (Wildman–Crippen LogP) is 4.12. The average molecular weight is 462 g/mol. The van der Waals surface area contributed by atoms with Gasteiger partial charge in [-0.2, -0.15) is 5.26 Å². The van der Waals surface area contributed by atoms with Gasteiger partial charge >= 0.3 is 5.97 Å². The van der Waals surface area contributed by atoms with E-state index < -0.39 is 5.97 Å². The molecule has 0 saturated heterocycles. The van der Waals surface area contributed by atoms with Crippen LogP contribution in [0.2, 0.25) is 0 Å². The molecule has 8 heteroatoms. The number of carboxylic acid groups (broad SMARTS) is 1. The number of aliphatic carboxylic acids is 1. The standard InChI is InChI=1S/C21H24BrN3O4/c22-19-20(17-4-2-1-3-5-17)25(24-21(19)29-11-10-23)12-15-6-8-16(9-7-15)13-28-14-18(26)27/h1-5,15-16H,6-9,11-14H2,(H,26,27). The fourth-order valence-corrected chi connectivity index (χ4v) is 4.38. The summed E-state index contributed by atoms with van der Waals surface area (Å²) in [5.41, 5.74) is 1.99. The lowest BCUT2D eigenvalue weighted by Gasteiger charge is -2.28. The Balaban J connectivity index is 1.67. The Morgan fingerprint density at radius 2 is 1.93 bits per heavy atom. The molecule has 0 spiro atoms. The summed E-state index contributed by atoms with van der Waals surface area (Å²) in [4.78, 5) is 10.6. The number of nitrogens with zero attached hydrogens (tertiary/aromatic N) is 3. The van der Waals surface area contributed by atoms with E-state index in [1.807, 2.05) is 41.1 Å². The third kappa shape index (κ3) is 5.81. The second-order valence-electron chi connectivity index (χ2n) is 7.26. The number of halogens is 1. The number of carbonyl (C=O) groups is 1. The molecular formula is C21H24BrN3O4. The summed E-state index contributed by atoms with van der Waals surface area (Å²) in [5.74, 6) is 0.397. The second-order valence-corrected chi connectivity index (χ2v) is 8.05. The van der Waals surface area contributed by atoms with Gasteiger partial charge in [-0.15, -0.1) is 5.10 Å². The van der Waals surface area contributed by atoms with E-state index in [1.165, 1.54) is 0 Å². The minimum atomic E-state index is -0.925. The van der Waals surface area contributed by atoms with Crippen LogP contribution in [0.3, 0.4) is 0 Å². The molecule has 3 rings (SSSR count). The van der Waals surface area contributed by atoms with Crippen molar-refractivity contribution < 1.29 is 19.4 Å². The van der Waals surface area contributed by atoms with Gasteiger partial charge in [0.2, 0.25) is 5.88 Å². The molecule has 0 radical (unpaired) electrons. The molecule has 1 saturated carbocycles. The molecule has 0 amide bonds. The number of hydrogen-bond acceptors (Lipinski definition) is 5. The van der Waals surface area contributed by atoms with Crippen molar-refractivity contribution in [2.75, 3.05) is 19.8 Å². The van der Waals surface area contributed by atoms with Crippen LogP contribution in [0.15, 0.2) is 34.8 Å². The highest BCUT2D eigenvalue weighted by Gasteiger charge is 2.25. The Morgan fingerprint density at radius 3 is 2.59 bits per heavy atom. The summed E-state index contributed by atoms with van der Waals surface area (Å²) < 4.78 is 13.5. The van der Waals surface area contributed by atoms with Crippen molar-refractivity contribution in [1.82, 2.24) is 9.78 Å². The van der Waals surface area contributed by atoms with Crippen LogP contribution in [0.25, 0.3) is 11.3 Å². The quantitative estimate of drug-likeness (QED) is 0.602. The van der Waals surface area contributed by atoms with E-state index in [4.69, 9.17) is 19.8 Å². The normalized spacial score (nSPS) is 18.9. The molecule has 1 aromatic carbocycles. The first-order chi connectivity index (χ1) is 14.1. The number of benzene rings is 1. The van der Waals surface area contributed by atoms with E-state index in [1.54, 1.807) is 0 Å². The van der Waals surface area contributed by atoms with Crippen LogP contribution in [0, 0.1) is 23.2 Å². The monoisotopic (exact) mass is 461 g/mol. The Bertz CT molecular complexity index is 855. The highest BCUT2D eigenvalue weighted by Crippen LogP contribution is 2.37. The summed E-state index contributed by atoms with van der Waals surface area (Å²) in [6.45, 7) is 0.994. The average Bonchev–Trinajstić information content (AvgIpc) is 3.03. The Hall–Kier alpha value is -2.37. The van der Waals surface area contributed by atoms with Crippen LogP contribution >= 0.6 is 15.9 Å². The molecule has 1 aromatic heterocycles. The zero-order valence-corrected chi connectivity index (χ0v) is 17.7. The van der Waals surface area contributed by atoms with E-state index in [2.05, 4.69) is 21.0 Å². The van der Waals surface area contributed by atoms with E-state index >= 15 is 0 Å². The molecule has 1 N–H and O–H groups in total. The minimum absolute atomic E-state index is 0.0503. The first-order valence-corrected chi connectivity index (χ1v) is 10.5. The zero-order valence-electron chi connectivity index (χ0n) is 16.1. The Kier molecular flexibility index (Phi) is 7.67. The Labute approximate surface area is 178 Å². The SMILES string of the molecule is N#CCOc1nn(CC2CCC(COCC(=O)O)CC2)c(-c2ccccc2)c1Br. The fraction of sp³-hybridized carbons (Fsp3) is 0.476. The molecular weight excluding hydrogens is 438 g/mol. The van der Waals surface area contributed by atoms with Crippen molar-refractivity contribution in [2.45, 2.75) is 32.2 Å². The zero-order chi connectivity index (χ0) is 20.6. The van der Waals surface area contributed by atoms with Crippen molar-refractivity contribution in [3.8, 4) is 23.2 Å². The number of carboxylic acids is 1. The maximum Gasteiger partial charge on any atom is 0.329 e. The second kappa shape index (κ2) is 10.4. The van der Waals surface area contributed by atoms with E-state index in [-0.39, 0.29) is 13.2 Å². The lowest BCUT2D eigenvalue weighted by molar-refractivity contribution is -0.142. The Morgan fingerprint density at radius 1 is 1.24 bits per heavy atom. The molecule has 1 fully saturated rings. The molecule has 0 bridgehead atoms. The van der Waals surface area contributed by atoms with Gasteiger partial charge in [-0.05, 0) is 53.4 Å². The summed E-state index contributed by atoms with van der Waals surface area (Å²) in [5, 5.41) is 22.1. The van der Waals surface area contributed by atoms with Gasteiger partial charge in [-0.25, -0.2) is 4.79 Å². The molecule has 1 heterocycles. The third-order valence-electron chi connectivity index (χ3n) is 5.16. The highest BCUT2D eigenvalue weighted by atomic mass is 79.9. The largest absolute Gasteiger partial charge is 0.480 e. The van der Waals surface area contributed by atoms with Crippen molar-refractivity contribution in [3.05, 3.63) is 34.8 Å². The predicted molar refractivity (Wildman–Crippen MR) is 110 cm³/mol. The van der Waals surface area contributed by atoms with Gasteiger partial charge in [0.25, 0.3) is 0 Å². The first kappa shape index (κ1) is 21.3. The fourth-order valence-electron chi connectivity index (χ4n) is 3.75. The lowest BCUT2D eigenvalue weighted by atomic mass is 9.82. The van der Waals surface area contributed by atoms with Crippen LogP contribution in [-0.2, 0) is 16.1 Å². The number of rotatable bonds is 9. The molecule has 0 atom stereocenters. The third-order valence-corrected chi connectivity index (χ3v) is 5.88. The minimum Gasteiger partial charge on any atom is -0.480 e. The van der Waals surface area contributed by atoms with Gasteiger partial charge in [0.1, 0.15) is 17.1 Å². The maximum atomic E-state index is 10.6. The van der Waals surface area contributed by atoms with Gasteiger partial charge in [0.15, 0.2) is 6.61 Å². The summed E-state index contributed by atoms with van der Waals surface area (Å²) in [7, 11) is 0. The number of hydrogen-bond donors (Lipinski definition) is 1. The first-order valence-electron chi connectivity index (χ1n) is 9.69. The molecule has 1 aliphatic carbocycles. The summed E-state index contributed by atoms with van der Waals surface area (Å²) in [6.07, 6.45) is 4.12. The van der Waals surface area contributed by atoms with Gasteiger partial charge in [-0.3, -0.25) is 4.68 Å². The van der Waals surface area contributed by atoms with Gasteiger partial charge < -0.3 is 14.6 Å². The van der Waals surface area contributed by atoms with E-state index in [0.717, 1.165) is 48.0 Å². The van der Waals surface area contributed by atoms with Crippen molar-refractivity contribution in [1.29, 1.82) is 5.26 Å². The van der Waals surface area contributed by atoms with Gasteiger partial charge in [0, 0.05) is 12.1 Å². The van der Waals surface area contributed by atoms with Gasteiger partial charge in [0.05, 0.1) is 12.3 Å². The number of ether oxygens (including phenoxy) is 2. The number of nitriles is 1. The van der Waals surface area contributed by atoms with Crippen LogP contribution < -0.4 is 4.74 Å². The molecule has 1 aliphatic rings. The van der Waals surface area contributed by atoms with E-state index in [0.29, 0.717) is 24.3 Å². The molecule has 154 valence electrons. The summed E-state index contributed by atoms with van der Waals surface area (Å²) >= 11 is 3.60. The topological polar surface area (TPSA) is 97.4 Å². The molecule has 0 unspecified atom stereocenters. The van der Waals surface area contributed by atoms with Crippen LogP contribution in [0.5, 0.6) is 5.88 Å². The summed E-state index contributed by atoms with van der Waals surface area (Å²) in [6, 6.07) is 12.0. The lowest BCUT2D eigenvalue weighted by Crippen LogP contribution is -2.23. The van der Waals surface area contributed by atoms with Crippen molar-refractivity contribution in [2.24, 2.45) is 11.8 Å². The van der Waals surface area contributed by atoms with Crippen LogP contribution in [0.1, 0.15) is 25.7 Å². The maximum absolute atomic E-state index is 10.6. The van der Waals surface area contributed by atoms with Gasteiger partial charge in [-0.1, -0.05) is 30.3 Å². The number of aromatic nitrogens is 2. The van der Waals surface area contributed by atoms with Crippen molar-refractivity contribution in [3.63, 3.8) is 0 Å². The van der Waals surface area contributed by atoms with Crippen molar-refractivity contribution >= 4 is 21.9 Å².